The number of alkyl halides is 3. The molecule has 1 unspecified atom stereocenters. The molecule has 3 rings (SSSR count). The molecular weight excluding hydrogens is 393 g/mol. The second-order valence-electron chi connectivity index (χ2n) is 6.60. The zero-order valence-corrected chi connectivity index (χ0v) is 16.2. The van der Waals surface area contributed by atoms with Gasteiger partial charge in [0.1, 0.15) is 11.4 Å². The van der Waals surface area contributed by atoms with Gasteiger partial charge in [-0.15, -0.1) is 5.92 Å². The smallest absolute Gasteiger partial charge is 0.329 e. The highest BCUT2D eigenvalue weighted by atomic mass is 19.4. The summed E-state index contributed by atoms with van der Waals surface area (Å²) in [6.07, 6.45) is -6.14. The van der Waals surface area contributed by atoms with Crippen LogP contribution in [0.1, 0.15) is 12.6 Å². The van der Waals surface area contributed by atoms with E-state index in [4.69, 9.17) is 4.84 Å². The van der Waals surface area contributed by atoms with Gasteiger partial charge in [-0.2, -0.15) is 23.3 Å². The molecule has 2 aliphatic heterocycles. The highest BCUT2D eigenvalue weighted by Crippen LogP contribution is 2.40. The van der Waals surface area contributed by atoms with Gasteiger partial charge in [-0.25, -0.2) is 9.48 Å². The van der Waals surface area contributed by atoms with Gasteiger partial charge < -0.3 is 15.1 Å². The average molecular weight is 414 g/mol. The van der Waals surface area contributed by atoms with Crippen LogP contribution in [0.3, 0.4) is 0 Å². The number of hydrogen-bond acceptors (Lipinski definition) is 8. The monoisotopic (exact) mass is 414 g/mol. The summed E-state index contributed by atoms with van der Waals surface area (Å²) in [5, 5.41) is 8.06. The standard InChI is InChI=1S/C17H21F3N6O3/c1-4-5-8-25-13-12(11(2)22-23(3)14(13)27)26(29-15(28)17(18,19)20)16(25)24-9-6-21-7-10-24/h16,21H,6-10H2,1-3H3. The van der Waals surface area contributed by atoms with E-state index in [1.165, 1.54) is 14.0 Å². The molecule has 1 saturated heterocycles. The topological polar surface area (TPSA) is 82.9 Å². The Morgan fingerprint density at radius 2 is 1.97 bits per heavy atom. The van der Waals surface area contributed by atoms with Gasteiger partial charge in [0.2, 0.25) is 0 Å². The number of rotatable bonds is 3. The predicted octanol–water partition coefficient (Wildman–Crippen LogP) is -0.0523. The highest BCUT2D eigenvalue weighted by molar-refractivity contribution is 5.82. The van der Waals surface area contributed by atoms with Gasteiger partial charge in [-0.3, -0.25) is 9.69 Å². The molecule has 9 nitrogen and oxygen atoms in total. The number of carbonyl (C=O) groups is 1. The van der Waals surface area contributed by atoms with Crippen LogP contribution in [0.15, 0.2) is 4.79 Å². The van der Waals surface area contributed by atoms with Gasteiger partial charge in [0.15, 0.2) is 6.29 Å². The normalized spacial score (nSPS) is 19.6. The van der Waals surface area contributed by atoms with E-state index in [0.717, 1.165) is 9.75 Å². The molecule has 1 atom stereocenters. The van der Waals surface area contributed by atoms with Crippen LogP contribution >= 0.6 is 0 Å². The van der Waals surface area contributed by atoms with E-state index < -0.39 is 24.0 Å². The van der Waals surface area contributed by atoms with Crippen LogP contribution in [0, 0.1) is 18.8 Å². The van der Waals surface area contributed by atoms with Crippen LogP contribution in [0.4, 0.5) is 24.5 Å². The number of anilines is 2. The Morgan fingerprint density at radius 1 is 1.31 bits per heavy atom. The molecule has 0 radical (unpaired) electrons. The van der Waals surface area contributed by atoms with Crippen LogP contribution < -0.4 is 20.8 Å². The molecule has 0 amide bonds. The first kappa shape index (κ1) is 20.9. The number of aryl methyl sites for hydroxylation is 2. The predicted molar refractivity (Wildman–Crippen MR) is 97.9 cm³/mol. The molecule has 29 heavy (non-hydrogen) atoms. The van der Waals surface area contributed by atoms with Gasteiger partial charge in [0, 0.05) is 33.2 Å². The minimum atomic E-state index is -5.19. The lowest BCUT2D eigenvalue weighted by Gasteiger charge is -2.40. The summed E-state index contributed by atoms with van der Waals surface area (Å²) < 4.78 is 39.9. The number of nitrogens with one attached hydrogen (secondary N) is 1. The van der Waals surface area contributed by atoms with Crippen molar-refractivity contribution in [2.24, 2.45) is 7.05 Å². The van der Waals surface area contributed by atoms with Crippen LogP contribution in [0.25, 0.3) is 0 Å². The minimum absolute atomic E-state index is 0.0344. The number of nitrogens with zero attached hydrogens (tertiary/aromatic N) is 5. The van der Waals surface area contributed by atoms with Crippen LogP contribution in [-0.2, 0) is 16.7 Å². The van der Waals surface area contributed by atoms with Crippen LogP contribution in [0.5, 0.6) is 0 Å². The lowest BCUT2D eigenvalue weighted by molar-refractivity contribution is -0.203. The Hall–Kier alpha value is -2.78. The molecule has 0 bridgehead atoms. The molecule has 158 valence electrons. The number of halogens is 3. The molecule has 0 spiro atoms. The Morgan fingerprint density at radius 3 is 2.55 bits per heavy atom. The van der Waals surface area contributed by atoms with Crippen molar-refractivity contribution in [1.82, 2.24) is 20.0 Å². The molecule has 0 aliphatic carbocycles. The molecule has 1 aromatic rings. The van der Waals surface area contributed by atoms with E-state index in [9.17, 15) is 22.8 Å². The second kappa shape index (κ2) is 7.92. The first-order chi connectivity index (χ1) is 13.7. The molecular formula is C17H21F3N6O3. The van der Waals surface area contributed by atoms with Crippen molar-refractivity contribution < 1.29 is 22.8 Å². The Balaban J connectivity index is 2.16. The Bertz CT molecular complexity index is 914. The van der Waals surface area contributed by atoms with Crippen LogP contribution in [-0.4, -0.2) is 65.8 Å². The maximum Gasteiger partial charge on any atom is 0.493 e. The van der Waals surface area contributed by atoms with Gasteiger partial charge >= 0.3 is 12.1 Å². The Kier molecular flexibility index (Phi) is 5.72. The molecule has 0 saturated carbocycles. The van der Waals surface area contributed by atoms with Crippen molar-refractivity contribution in [2.45, 2.75) is 26.3 Å². The summed E-state index contributed by atoms with van der Waals surface area (Å²) in [5.74, 6) is 3.20. The van der Waals surface area contributed by atoms with Crippen molar-refractivity contribution >= 4 is 17.3 Å². The van der Waals surface area contributed by atoms with Gasteiger partial charge in [0.25, 0.3) is 5.56 Å². The van der Waals surface area contributed by atoms with Gasteiger partial charge in [0.05, 0.1) is 12.2 Å². The molecule has 1 N–H and O–H groups in total. The number of hydroxylamine groups is 1. The van der Waals surface area contributed by atoms with E-state index in [0.29, 0.717) is 26.2 Å². The summed E-state index contributed by atoms with van der Waals surface area (Å²) in [6.45, 7) is 5.36. The number of fused-ring (bicyclic) bond motifs is 1. The molecule has 12 heteroatoms. The van der Waals surface area contributed by atoms with Crippen LogP contribution in [0.2, 0.25) is 0 Å². The Labute approximate surface area is 164 Å². The zero-order valence-electron chi connectivity index (χ0n) is 16.2. The lowest BCUT2D eigenvalue weighted by atomic mass is 10.3. The molecule has 1 aromatic heterocycles. The van der Waals surface area contributed by atoms with Crippen molar-refractivity contribution in [3.63, 3.8) is 0 Å². The van der Waals surface area contributed by atoms with E-state index in [-0.39, 0.29) is 23.6 Å². The second-order valence-corrected chi connectivity index (χ2v) is 6.60. The number of piperazine rings is 1. The summed E-state index contributed by atoms with van der Waals surface area (Å²) in [5.41, 5.74) is -0.133. The molecule has 0 aromatic carbocycles. The SMILES string of the molecule is CC#CCN1c2c(c(C)nn(C)c2=O)N(OC(=O)C(F)(F)F)C1N1CCNCC1. The zero-order chi connectivity index (χ0) is 21.3. The molecule has 1 fully saturated rings. The highest BCUT2D eigenvalue weighted by Gasteiger charge is 2.50. The first-order valence-corrected chi connectivity index (χ1v) is 8.94. The van der Waals surface area contributed by atoms with E-state index in [1.54, 1.807) is 11.8 Å². The quantitative estimate of drug-likeness (QED) is 0.690. The van der Waals surface area contributed by atoms with E-state index >= 15 is 0 Å². The van der Waals surface area contributed by atoms with Crippen molar-refractivity contribution in [2.75, 3.05) is 42.7 Å². The molecule has 2 aliphatic rings. The number of hydrogen-bond donors (Lipinski definition) is 1. The molecule has 3 heterocycles. The fraction of sp³-hybridized carbons (Fsp3) is 0.588. The fourth-order valence-corrected chi connectivity index (χ4v) is 3.44. The van der Waals surface area contributed by atoms with E-state index in [2.05, 4.69) is 22.3 Å². The first-order valence-electron chi connectivity index (χ1n) is 8.94. The maximum atomic E-state index is 12.9. The largest absolute Gasteiger partial charge is 0.493 e. The fourth-order valence-electron chi connectivity index (χ4n) is 3.44. The van der Waals surface area contributed by atoms with Crippen molar-refractivity contribution in [1.29, 1.82) is 0 Å². The summed E-state index contributed by atoms with van der Waals surface area (Å²) in [7, 11) is 1.45. The third kappa shape index (κ3) is 3.88. The lowest BCUT2D eigenvalue weighted by Crippen LogP contribution is -2.61. The summed E-state index contributed by atoms with van der Waals surface area (Å²) >= 11 is 0. The van der Waals surface area contributed by atoms with Gasteiger partial charge in [-0.05, 0) is 13.8 Å². The average Bonchev–Trinajstić information content (AvgIpc) is 2.99. The third-order valence-corrected chi connectivity index (χ3v) is 4.68. The van der Waals surface area contributed by atoms with Crippen molar-refractivity contribution in [3.05, 3.63) is 16.0 Å². The number of aromatic nitrogens is 2. The third-order valence-electron chi connectivity index (χ3n) is 4.68. The maximum absolute atomic E-state index is 12.9. The van der Waals surface area contributed by atoms with E-state index in [1.807, 2.05) is 4.90 Å². The summed E-state index contributed by atoms with van der Waals surface area (Å²) in [4.78, 5) is 32.7. The minimum Gasteiger partial charge on any atom is -0.329 e. The van der Waals surface area contributed by atoms with Gasteiger partial charge in [-0.1, -0.05) is 5.92 Å². The number of carbonyl (C=O) groups excluding carboxylic acids is 1. The summed E-state index contributed by atoms with van der Waals surface area (Å²) in [6, 6.07) is 0. The van der Waals surface area contributed by atoms with Crippen molar-refractivity contribution in [3.8, 4) is 11.8 Å².